The van der Waals surface area contributed by atoms with E-state index in [4.69, 9.17) is 9.05 Å². The molecule has 0 spiro atoms. The van der Waals surface area contributed by atoms with Crippen LogP contribution < -0.4 is 5.32 Å². The number of aliphatic hydroxyl groups is 1. The Bertz CT molecular complexity index is 1630. The normalized spacial score (nSPS) is 14.9. The summed E-state index contributed by atoms with van der Waals surface area (Å²) in [5, 5.41) is 13.8. The molecule has 1 amide bonds. The lowest BCUT2D eigenvalue weighted by atomic mass is 10.1. The Hall–Kier alpha value is -3.36. The average Bonchev–Trinajstić information content (AvgIpc) is 3.34. The third-order valence-corrected chi connectivity index (χ3v) is 12.8. The first-order valence-electron chi connectivity index (χ1n) is 28.6. The smallest absolute Gasteiger partial charge is 0.387 e. The third kappa shape index (κ3) is 54.4. The lowest BCUT2D eigenvalue weighted by Crippen LogP contribution is -2.45. The minimum absolute atomic E-state index is 0.0483. The molecule has 0 aliphatic rings. The van der Waals surface area contributed by atoms with E-state index >= 15 is 0 Å². The highest BCUT2D eigenvalue weighted by Crippen LogP contribution is 2.43. The zero-order valence-corrected chi connectivity index (χ0v) is 47.5. The number of phosphoric acid groups is 1. The van der Waals surface area contributed by atoms with Crippen molar-refractivity contribution >= 4 is 13.7 Å². The standard InChI is InChI=1S/C63H107N2O6P/c1-6-8-10-12-14-16-18-20-21-22-23-24-25-26-27-28-29-30-31-32-33-34-35-36-37-38-39-40-41-42-43-45-47-49-51-53-55-57-63(67)64-61(60-71-72(68,69)70-59-58-65(3,4)5)62(66)56-54-52-50-48-46-44-19-17-15-13-11-9-7-2/h8,10,14,16,20-21,23-24,26-27,29-30,32-33,35-36,38-39,46,48,54,56,61-62,66H,6-7,9,11-13,15,17-19,22,25,28,31,34,37,40-45,47,49-53,55,57-60H2,1-5H3,(H-,64,67,68,69)/p+1/b10-8-,16-14-,21-20-,24-23-,27-26-,30-29-,33-32-,36-35-,39-38-,48-46+,56-54+. The molecule has 0 aliphatic carbocycles. The number of aliphatic hydroxyl groups excluding tert-OH is 1. The second kappa shape index (κ2) is 52.5. The van der Waals surface area contributed by atoms with Crippen LogP contribution in [0.5, 0.6) is 0 Å². The molecule has 3 N–H and O–H groups in total. The van der Waals surface area contributed by atoms with E-state index in [1.807, 2.05) is 27.2 Å². The molecule has 0 radical (unpaired) electrons. The highest BCUT2D eigenvalue weighted by atomic mass is 31.2. The summed E-state index contributed by atoms with van der Waals surface area (Å²) in [5.74, 6) is -0.200. The number of unbranched alkanes of at least 4 members (excludes halogenated alkanes) is 17. The van der Waals surface area contributed by atoms with Crippen molar-refractivity contribution in [3.63, 3.8) is 0 Å². The van der Waals surface area contributed by atoms with Crippen LogP contribution in [-0.4, -0.2) is 73.4 Å². The van der Waals surface area contributed by atoms with Crippen molar-refractivity contribution in [2.75, 3.05) is 40.9 Å². The topological polar surface area (TPSA) is 105 Å². The molecular weight excluding hydrogens is 912 g/mol. The van der Waals surface area contributed by atoms with Crippen LogP contribution in [0, 0.1) is 0 Å². The first-order chi connectivity index (χ1) is 35.0. The largest absolute Gasteiger partial charge is 0.472 e. The molecular formula is C63H108N2O6P+. The summed E-state index contributed by atoms with van der Waals surface area (Å²) in [5.41, 5.74) is 0. The van der Waals surface area contributed by atoms with E-state index in [2.05, 4.69) is 141 Å². The maximum Gasteiger partial charge on any atom is 0.472 e. The van der Waals surface area contributed by atoms with Crippen LogP contribution in [0.4, 0.5) is 0 Å². The summed E-state index contributed by atoms with van der Waals surface area (Å²) in [7, 11) is 1.53. The monoisotopic (exact) mass is 1020 g/mol. The number of phosphoric ester groups is 1. The molecule has 3 unspecified atom stereocenters. The van der Waals surface area contributed by atoms with Gasteiger partial charge in [0.15, 0.2) is 0 Å². The van der Waals surface area contributed by atoms with Gasteiger partial charge in [-0.05, 0) is 103 Å². The van der Waals surface area contributed by atoms with Crippen LogP contribution in [0.2, 0.25) is 0 Å². The number of carbonyl (C=O) groups is 1. The van der Waals surface area contributed by atoms with Gasteiger partial charge in [-0.1, -0.05) is 231 Å². The van der Waals surface area contributed by atoms with Crippen molar-refractivity contribution in [3.05, 3.63) is 134 Å². The van der Waals surface area contributed by atoms with Crippen molar-refractivity contribution < 1.29 is 32.9 Å². The number of carbonyl (C=O) groups excluding carboxylic acids is 1. The Labute approximate surface area is 443 Å². The van der Waals surface area contributed by atoms with Gasteiger partial charge in [0.2, 0.25) is 5.91 Å². The molecule has 0 heterocycles. The van der Waals surface area contributed by atoms with Crippen molar-refractivity contribution in [2.24, 2.45) is 0 Å². The van der Waals surface area contributed by atoms with E-state index < -0.39 is 20.0 Å². The summed E-state index contributed by atoms with van der Waals surface area (Å²) in [6, 6.07) is -0.875. The number of quaternary nitrogens is 1. The fourth-order valence-corrected chi connectivity index (χ4v) is 8.14. The summed E-state index contributed by atoms with van der Waals surface area (Å²) < 4.78 is 23.6. The number of hydrogen-bond acceptors (Lipinski definition) is 5. The van der Waals surface area contributed by atoms with Crippen LogP contribution in [0.1, 0.15) is 206 Å². The number of nitrogens with zero attached hydrogens (tertiary/aromatic N) is 1. The number of rotatable bonds is 50. The summed E-state index contributed by atoms with van der Waals surface area (Å²) in [4.78, 5) is 23.2. The summed E-state index contributed by atoms with van der Waals surface area (Å²) in [6.45, 7) is 4.64. The highest BCUT2D eigenvalue weighted by molar-refractivity contribution is 7.47. The van der Waals surface area contributed by atoms with Crippen LogP contribution in [0.15, 0.2) is 134 Å². The third-order valence-electron chi connectivity index (χ3n) is 11.9. The van der Waals surface area contributed by atoms with Crippen molar-refractivity contribution in [3.8, 4) is 0 Å². The predicted molar refractivity (Wildman–Crippen MR) is 313 cm³/mol. The SMILES string of the molecule is CC/C=C\C/C=C\C/C=C\C/C=C\C/C=C\C/C=C\C/C=C\C/C=C\C/C=C\CCCCCCCCCCCC(=O)NC(COP(=O)(O)OCC[N+](C)(C)C)C(O)/C=C/CC/C=C/CCCCCCCCC. The lowest BCUT2D eigenvalue weighted by Gasteiger charge is -2.25. The molecule has 8 nitrogen and oxygen atoms in total. The van der Waals surface area contributed by atoms with Gasteiger partial charge in [0.25, 0.3) is 0 Å². The molecule has 0 aliphatic heterocycles. The molecule has 0 rings (SSSR count). The number of hydrogen-bond donors (Lipinski definition) is 3. The number of amides is 1. The number of nitrogens with one attached hydrogen (secondary N) is 1. The van der Waals surface area contributed by atoms with E-state index in [1.54, 1.807) is 6.08 Å². The number of allylic oxidation sites excluding steroid dienone is 21. The van der Waals surface area contributed by atoms with Gasteiger partial charge in [0, 0.05) is 6.42 Å². The van der Waals surface area contributed by atoms with Crippen LogP contribution in [-0.2, 0) is 18.4 Å². The molecule has 9 heteroatoms. The van der Waals surface area contributed by atoms with E-state index in [0.29, 0.717) is 17.4 Å². The Morgan fingerprint density at radius 1 is 0.486 bits per heavy atom. The van der Waals surface area contributed by atoms with E-state index in [1.165, 1.54) is 83.5 Å². The number of likely N-dealkylation sites (N-methyl/N-ethyl adjacent to an activating group) is 1. The van der Waals surface area contributed by atoms with Gasteiger partial charge >= 0.3 is 7.82 Å². The molecule has 0 aromatic carbocycles. The van der Waals surface area contributed by atoms with Gasteiger partial charge in [-0.2, -0.15) is 0 Å². The van der Waals surface area contributed by atoms with Crippen molar-refractivity contribution in [1.82, 2.24) is 5.32 Å². The average molecular weight is 1020 g/mol. The van der Waals surface area contributed by atoms with Crippen LogP contribution in [0.3, 0.4) is 0 Å². The molecule has 3 atom stereocenters. The Morgan fingerprint density at radius 2 is 0.847 bits per heavy atom. The maximum absolute atomic E-state index is 12.9. The van der Waals surface area contributed by atoms with E-state index in [9.17, 15) is 19.4 Å². The van der Waals surface area contributed by atoms with Gasteiger partial charge in [-0.3, -0.25) is 13.8 Å². The zero-order chi connectivity index (χ0) is 52.7. The first kappa shape index (κ1) is 68.6. The molecule has 0 aromatic heterocycles. The zero-order valence-electron chi connectivity index (χ0n) is 46.6. The van der Waals surface area contributed by atoms with Crippen molar-refractivity contribution in [1.29, 1.82) is 0 Å². The Balaban J connectivity index is 4.16. The quantitative estimate of drug-likeness (QED) is 0.0243. The van der Waals surface area contributed by atoms with E-state index in [0.717, 1.165) is 103 Å². The summed E-state index contributed by atoms with van der Waals surface area (Å²) >= 11 is 0. The van der Waals surface area contributed by atoms with Crippen LogP contribution in [0.25, 0.3) is 0 Å². The molecule has 0 saturated heterocycles. The fourth-order valence-electron chi connectivity index (χ4n) is 7.40. The van der Waals surface area contributed by atoms with Crippen LogP contribution >= 0.6 is 7.82 Å². The van der Waals surface area contributed by atoms with Gasteiger partial charge in [0.1, 0.15) is 13.2 Å². The Kier molecular flexibility index (Phi) is 50.1. The minimum Gasteiger partial charge on any atom is -0.387 e. The maximum atomic E-state index is 12.9. The first-order valence-corrected chi connectivity index (χ1v) is 30.1. The van der Waals surface area contributed by atoms with Gasteiger partial charge in [0.05, 0.1) is 39.9 Å². The fraction of sp³-hybridized carbons (Fsp3) is 0.635. The van der Waals surface area contributed by atoms with Gasteiger partial charge in [-0.25, -0.2) is 4.57 Å². The summed E-state index contributed by atoms with van der Waals surface area (Å²) in [6.07, 6.45) is 79.8. The second-order valence-corrected chi connectivity index (χ2v) is 21.4. The molecule has 0 aromatic rings. The Morgan fingerprint density at radius 3 is 1.28 bits per heavy atom. The molecule has 72 heavy (non-hydrogen) atoms. The molecule has 0 fully saturated rings. The minimum atomic E-state index is -4.36. The molecule has 0 saturated carbocycles. The lowest BCUT2D eigenvalue weighted by molar-refractivity contribution is -0.870. The molecule has 410 valence electrons. The van der Waals surface area contributed by atoms with Gasteiger partial charge in [-0.15, -0.1) is 0 Å². The molecule has 0 bridgehead atoms. The predicted octanol–water partition coefficient (Wildman–Crippen LogP) is 17.5. The van der Waals surface area contributed by atoms with E-state index in [-0.39, 0.29) is 19.1 Å². The highest BCUT2D eigenvalue weighted by Gasteiger charge is 2.27. The second-order valence-electron chi connectivity index (χ2n) is 19.9. The van der Waals surface area contributed by atoms with Gasteiger partial charge < -0.3 is 19.8 Å². The van der Waals surface area contributed by atoms with Crippen molar-refractivity contribution in [2.45, 2.75) is 219 Å².